The molecule has 0 saturated carbocycles. The molecule has 2 aromatic rings. The summed E-state index contributed by atoms with van der Waals surface area (Å²) in [6.07, 6.45) is 1.69. The molecule has 0 radical (unpaired) electrons. The molecule has 1 aromatic heterocycles. The molecule has 7 heteroatoms. The largest absolute Gasteiger partial charge is 0.459 e. The predicted molar refractivity (Wildman–Crippen MR) is 79.5 cm³/mol. The van der Waals surface area contributed by atoms with Crippen LogP contribution in [-0.2, 0) is 4.79 Å². The van der Waals surface area contributed by atoms with Gasteiger partial charge in [0.15, 0.2) is 17.3 Å². The van der Waals surface area contributed by atoms with Crippen molar-refractivity contribution in [1.82, 2.24) is 5.32 Å². The van der Waals surface area contributed by atoms with E-state index in [0.29, 0.717) is 18.0 Å². The highest BCUT2D eigenvalue weighted by Crippen LogP contribution is 2.36. The molecule has 3 heterocycles. The molecule has 2 aliphatic heterocycles. The minimum Gasteiger partial charge on any atom is -0.459 e. The zero-order valence-electron chi connectivity index (χ0n) is 12.2. The number of nitrogens with zero attached hydrogens (tertiary/aromatic N) is 1. The van der Waals surface area contributed by atoms with E-state index in [9.17, 15) is 9.59 Å². The third-order valence-electron chi connectivity index (χ3n) is 3.87. The SMILES string of the molecule is O=C(N[C@H]1CC(=O)N(c2ccc3c(c2)OCO3)C1)c1ccco1. The van der Waals surface area contributed by atoms with E-state index in [-0.39, 0.29) is 36.8 Å². The predicted octanol–water partition coefficient (Wildman–Crippen LogP) is 1.54. The van der Waals surface area contributed by atoms with Gasteiger partial charge < -0.3 is 24.1 Å². The fourth-order valence-corrected chi connectivity index (χ4v) is 2.77. The number of hydrogen-bond acceptors (Lipinski definition) is 5. The quantitative estimate of drug-likeness (QED) is 0.929. The van der Waals surface area contributed by atoms with E-state index in [0.717, 1.165) is 5.69 Å². The lowest BCUT2D eigenvalue weighted by Crippen LogP contribution is -2.37. The Bertz CT molecular complexity index is 756. The molecule has 4 rings (SSSR count). The van der Waals surface area contributed by atoms with Crippen LogP contribution >= 0.6 is 0 Å². The van der Waals surface area contributed by atoms with E-state index in [1.54, 1.807) is 29.2 Å². The van der Waals surface area contributed by atoms with Crippen molar-refractivity contribution in [3.63, 3.8) is 0 Å². The summed E-state index contributed by atoms with van der Waals surface area (Å²) in [4.78, 5) is 25.9. The number of hydrogen-bond donors (Lipinski definition) is 1. The Balaban J connectivity index is 1.47. The lowest BCUT2D eigenvalue weighted by molar-refractivity contribution is -0.117. The smallest absolute Gasteiger partial charge is 0.287 e. The summed E-state index contributed by atoms with van der Waals surface area (Å²) < 4.78 is 15.7. The van der Waals surface area contributed by atoms with Gasteiger partial charge in [0, 0.05) is 24.7 Å². The first-order valence-corrected chi connectivity index (χ1v) is 7.25. The van der Waals surface area contributed by atoms with E-state index < -0.39 is 0 Å². The molecular formula is C16H14N2O5. The highest BCUT2D eigenvalue weighted by Gasteiger charge is 2.32. The summed E-state index contributed by atoms with van der Waals surface area (Å²) in [5.74, 6) is 1.16. The van der Waals surface area contributed by atoms with Gasteiger partial charge in [0.2, 0.25) is 12.7 Å². The van der Waals surface area contributed by atoms with Gasteiger partial charge in [0.05, 0.1) is 12.3 Å². The second-order valence-corrected chi connectivity index (χ2v) is 5.39. The van der Waals surface area contributed by atoms with Crippen LogP contribution in [0.25, 0.3) is 0 Å². The molecule has 0 bridgehead atoms. The zero-order valence-corrected chi connectivity index (χ0v) is 12.2. The Labute approximate surface area is 131 Å². The number of fused-ring (bicyclic) bond motifs is 1. The molecule has 23 heavy (non-hydrogen) atoms. The molecule has 7 nitrogen and oxygen atoms in total. The van der Waals surface area contributed by atoms with E-state index in [4.69, 9.17) is 13.9 Å². The maximum absolute atomic E-state index is 12.2. The van der Waals surface area contributed by atoms with E-state index in [1.807, 2.05) is 6.07 Å². The Hall–Kier alpha value is -2.96. The topological polar surface area (TPSA) is 81.0 Å². The van der Waals surface area contributed by atoms with Crippen molar-refractivity contribution in [2.75, 3.05) is 18.2 Å². The Morgan fingerprint density at radius 3 is 2.91 bits per heavy atom. The van der Waals surface area contributed by atoms with Gasteiger partial charge in [-0.15, -0.1) is 0 Å². The monoisotopic (exact) mass is 314 g/mol. The fourth-order valence-electron chi connectivity index (χ4n) is 2.77. The minimum atomic E-state index is -0.319. The molecular weight excluding hydrogens is 300 g/mol. The third kappa shape index (κ3) is 2.50. The molecule has 0 unspecified atom stereocenters. The van der Waals surface area contributed by atoms with Gasteiger partial charge in [-0.25, -0.2) is 0 Å². The summed E-state index contributed by atoms with van der Waals surface area (Å²) in [6, 6.07) is 8.33. The zero-order chi connectivity index (χ0) is 15.8. The van der Waals surface area contributed by atoms with Crippen LogP contribution in [0.5, 0.6) is 11.5 Å². The standard InChI is InChI=1S/C16H14N2O5/c19-15-6-10(17-16(20)13-2-1-5-21-13)8-18(15)11-3-4-12-14(7-11)23-9-22-12/h1-5,7,10H,6,8-9H2,(H,17,20)/t10-/m0/s1. The maximum atomic E-state index is 12.2. The summed E-state index contributed by atoms with van der Waals surface area (Å²) in [7, 11) is 0. The molecule has 2 amide bonds. The number of anilines is 1. The van der Waals surface area contributed by atoms with Crippen molar-refractivity contribution in [3.05, 3.63) is 42.4 Å². The summed E-state index contributed by atoms with van der Waals surface area (Å²) in [5.41, 5.74) is 0.731. The van der Waals surface area contributed by atoms with Crippen molar-refractivity contribution >= 4 is 17.5 Å². The van der Waals surface area contributed by atoms with Gasteiger partial charge in [-0.3, -0.25) is 9.59 Å². The first kappa shape index (κ1) is 13.7. The van der Waals surface area contributed by atoms with Crippen LogP contribution < -0.4 is 19.7 Å². The van der Waals surface area contributed by atoms with Crippen LogP contribution in [0.4, 0.5) is 5.69 Å². The van der Waals surface area contributed by atoms with Gasteiger partial charge in [-0.2, -0.15) is 0 Å². The maximum Gasteiger partial charge on any atom is 0.287 e. The highest BCUT2D eigenvalue weighted by atomic mass is 16.7. The second kappa shape index (κ2) is 5.35. The normalized spacial score (nSPS) is 19.2. The van der Waals surface area contributed by atoms with Crippen LogP contribution in [0.15, 0.2) is 41.0 Å². The summed E-state index contributed by atoms with van der Waals surface area (Å²) >= 11 is 0. The Morgan fingerprint density at radius 1 is 1.22 bits per heavy atom. The van der Waals surface area contributed by atoms with Gasteiger partial charge in [-0.05, 0) is 24.3 Å². The van der Waals surface area contributed by atoms with Gasteiger partial charge in [-0.1, -0.05) is 0 Å². The van der Waals surface area contributed by atoms with Crippen molar-refractivity contribution in [2.24, 2.45) is 0 Å². The van der Waals surface area contributed by atoms with Crippen LogP contribution in [0, 0.1) is 0 Å². The summed E-state index contributed by atoms with van der Waals surface area (Å²) in [5, 5.41) is 2.81. The average molecular weight is 314 g/mol. The third-order valence-corrected chi connectivity index (χ3v) is 3.87. The van der Waals surface area contributed by atoms with Crippen LogP contribution in [-0.4, -0.2) is 31.2 Å². The number of furan rings is 1. The first-order chi connectivity index (χ1) is 11.2. The van der Waals surface area contributed by atoms with Crippen LogP contribution in [0.3, 0.4) is 0 Å². The molecule has 1 atom stereocenters. The molecule has 118 valence electrons. The first-order valence-electron chi connectivity index (χ1n) is 7.25. The molecule has 0 aliphatic carbocycles. The average Bonchev–Trinajstić information content (AvgIpc) is 3.26. The van der Waals surface area contributed by atoms with Gasteiger partial charge in [0.25, 0.3) is 5.91 Å². The van der Waals surface area contributed by atoms with Crippen molar-refractivity contribution in [3.8, 4) is 11.5 Å². The fraction of sp³-hybridized carbons (Fsp3) is 0.250. The van der Waals surface area contributed by atoms with Crippen LogP contribution in [0.1, 0.15) is 17.0 Å². The number of carbonyl (C=O) groups excluding carboxylic acids is 2. The molecule has 2 aliphatic rings. The molecule has 1 N–H and O–H groups in total. The molecule has 0 spiro atoms. The Kier molecular flexibility index (Phi) is 3.18. The van der Waals surface area contributed by atoms with E-state index >= 15 is 0 Å². The van der Waals surface area contributed by atoms with Crippen molar-refractivity contribution < 1.29 is 23.5 Å². The summed E-state index contributed by atoms with van der Waals surface area (Å²) in [6.45, 7) is 0.597. The number of rotatable bonds is 3. The number of benzene rings is 1. The minimum absolute atomic E-state index is 0.0476. The van der Waals surface area contributed by atoms with Gasteiger partial charge >= 0.3 is 0 Å². The molecule has 1 saturated heterocycles. The number of carbonyl (C=O) groups is 2. The van der Waals surface area contributed by atoms with Crippen molar-refractivity contribution in [2.45, 2.75) is 12.5 Å². The molecule has 1 fully saturated rings. The van der Waals surface area contributed by atoms with E-state index in [1.165, 1.54) is 6.26 Å². The van der Waals surface area contributed by atoms with E-state index in [2.05, 4.69) is 5.32 Å². The Morgan fingerprint density at radius 2 is 2.09 bits per heavy atom. The number of amides is 2. The van der Waals surface area contributed by atoms with Crippen molar-refractivity contribution in [1.29, 1.82) is 0 Å². The second-order valence-electron chi connectivity index (χ2n) is 5.39. The molecule has 1 aromatic carbocycles. The number of ether oxygens (including phenoxy) is 2. The lowest BCUT2D eigenvalue weighted by Gasteiger charge is -2.17. The van der Waals surface area contributed by atoms with Gasteiger partial charge in [0.1, 0.15) is 0 Å². The van der Waals surface area contributed by atoms with Crippen LogP contribution in [0.2, 0.25) is 0 Å². The lowest BCUT2D eigenvalue weighted by atomic mass is 10.2. The highest BCUT2D eigenvalue weighted by molar-refractivity contribution is 5.98. The number of nitrogens with one attached hydrogen (secondary N) is 1.